The molecule has 5 nitrogen and oxygen atoms in total. The van der Waals surface area contributed by atoms with Gasteiger partial charge in [-0.15, -0.1) is 0 Å². The fourth-order valence-corrected chi connectivity index (χ4v) is 3.58. The molecule has 0 aliphatic heterocycles. The maximum Gasteiger partial charge on any atom is 0.255 e. The summed E-state index contributed by atoms with van der Waals surface area (Å²) in [4.78, 5) is 12.4. The third kappa shape index (κ3) is 4.56. The minimum atomic E-state index is -3.56. The molecule has 2 aromatic carbocycles. The number of benzene rings is 2. The number of aryl methyl sites for hydroxylation is 1. The van der Waals surface area contributed by atoms with E-state index in [9.17, 15) is 13.2 Å². The van der Waals surface area contributed by atoms with Gasteiger partial charge in [0.15, 0.2) is 0 Å². The number of hydrogen-bond donors (Lipinski definition) is 2. The van der Waals surface area contributed by atoms with Gasteiger partial charge in [0, 0.05) is 22.3 Å². The van der Waals surface area contributed by atoms with Gasteiger partial charge in [-0.1, -0.05) is 11.6 Å². The Bertz CT molecular complexity index is 847. The van der Waals surface area contributed by atoms with E-state index < -0.39 is 10.0 Å². The van der Waals surface area contributed by atoms with Crippen molar-refractivity contribution in [2.24, 2.45) is 0 Å². The molecule has 0 aliphatic carbocycles. The van der Waals surface area contributed by atoms with Gasteiger partial charge in [0.05, 0.1) is 4.90 Å². The number of amides is 1. The molecule has 128 valence electrons. The van der Waals surface area contributed by atoms with Crippen LogP contribution in [-0.2, 0) is 10.0 Å². The molecule has 0 saturated carbocycles. The molecule has 2 aromatic rings. The van der Waals surface area contributed by atoms with Crippen molar-refractivity contribution < 1.29 is 13.2 Å². The van der Waals surface area contributed by atoms with Gasteiger partial charge in [-0.05, 0) is 68.8 Å². The van der Waals surface area contributed by atoms with E-state index in [2.05, 4.69) is 10.0 Å². The summed E-state index contributed by atoms with van der Waals surface area (Å²) in [6.07, 6.45) is 0. The van der Waals surface area contributed by atoms with Crippen molar-refractivity contribution in [2.45, 2.75) is 31.7 Å². The number of carbonyl (C=O) groups excluding carboxylic acids is 1. The fourth-order valence-electron chi connectivity index (χ4n) is 2.12. The van der Waals surface area contributed by atoms with Crippen LogP contribution in [0.3, 0.4) is 0 Å². The first-order valence-electron chi connectivity index (χ1n) is 7.39. The number of rotatable bonds is 5. The number of halogens is 1. The molecule has 0 spiro atoms. The third-order valence-corrected chi connectivity index (χ3v) is 5.16. The van der Waals surface area contributed by atoms with E-state index >= 15 is 0 Å². The Morgan fingerprint density at radius 3 is 2.25 bits per heavy atom. The zero-order valence-electron chi connectivity index (χ0n) is 13.6. The smallest absolute Gasteiger partial charge is 0.255 e. The Kier molecular flexibility index (Phi) is 5.64. The average Bonchev–Trinajstić information content (AvgIpc) is 2.48. The SMILES string of the molecule is Cc1cc(S(=O)(=O)NC(C)C)ccc1NC(=O)c1ccc(Cl)cc1. The van der Waals surface area contributed by atoms with E-state index in [-0.39, 0.29) is 16.8 Å². The predicted octanol–water partition coefficient (Wildman–Crippen LogP) is 3.59. The molecule has 0 radical (unpaired) electrons. The van der Waals surface area contributed by atoms with Crippen molar-refractivity contribution >= 4 is 33.2 Å². The monoisotopic (exact) mass is 366 g/mol. The quantitative estimate of drug-likeness (QED) is 0.849. The summed E-state index contributed by atoms with van der Waals surface area (Å²) in [5, 5.41) is 3.32. The highest BCUT2D eigenvalue weighted by Crippen LogP contribution is 2.21. The molecule has 0 unspecified atom stereocenters. The molecule has 0 atom stereocenters. The normalized spacial score (nSPS) is 11.5. The van der Waals surface area contributed by atoms with E-state index in [1.54, 1.807) is 51.1 Å². The highest BCUT2D eigenvalue weighted by molar-refractivity contribution is 7.89. The van der Waals surface area contributed by atoms with Crippen LogP contribution in [0, 0.1) is 6.92 Å². The van der Waals surface area contributed by atoms with Gasteiger partial charge in [-0.2, -0.15) is 0 Å². The van der Waals surface area contributed by atoms with Gasteiger partial charge in [-0.25, -0.2) is 13.1 Å². The van der Waals surface area contributed by atoms with Crippen LogP contribution in [-0.4, -0.2) is 20.4 Å². The van der Waals surface area contributed by atoms with Crippen LogP contribution in [0.15, 0.2) is 47.4 Å². The molecule has 0 aromatic heterocycles. The lowest BCUT2D eigenvalue weighted by Gasteiger charge is -2.13. The Balaban J connectivity index is 2.21. The van der Waals surface area contributed by atoms with Crippen LogP contribution in [0.5, 0.6) is 0 Å². The van der Waals surface area contributed by atoms with Crippen molar-refractivity contribution in [3.8, 4) is 0 Å². The van der Waals surface area contributed by atoms with Crippen LogP contribution >= 0.6 is 11.6 Å². The summed E-state index contributed by atoms with van der Waals surface area (Å²) in [6, 6.07) is 10.9. The molecular weight excluding hydrogens is 348 g/mol. The summed E-state index contributed by atoms with van der Waals surface area (Å²) in [6.45, 7) is 5.25. The second kappa shape index (κ2) is 7.34. The summed E-state index contributed by atoms with van der Waals surface area (Å²) in [7, 11) is -3.56. The molecule has 24 heavy (non-hydrogen) atoms. The Labute approximate surface area is 147 Å². The Hall–Kier alpha value is -1.89. The number of carbonyl (C=O) groups is 1. The van der Waals surface area contributed by atoms with Crippen molar-refractivity contribution in [2.75, 3.05) is 5.32 Å². The standard InChI is InChI=1S/C17H19ClN2O3S/c1-11(2)20-24(22,23)15-8-9-16(12(3)10-15)19-17(21)13-4-6-14(18)7-5-13/h4-11,20H,1-3H3,(H,19,21). The molecule has 2 rings (SSSR count). The van der Waals surface area contributed by atoms with Crippen molar-refractivity contribution in [3.63, 3.8) is 0 Å². The van der Waals surface area contributed by atoms with Crippen molar-refractivity contribution in [1.29, 1.82) is 0 Å². The van der Waals surface area contributed by atoms with Crippen LogP contribution in [0.25, 0.3) is 0 Å². The molecule has 0 bridgehead atoms. The molecule has 7 heteroatoms. The molecule has 0 fully saturated rings. The summed E-state index contributed by atoms with van der Waals surface area (Å²) in [5.74, 6) is -0.286. The number of anilines is 1. The largest absolute Gasteiger partial charge is 0.322 e. The van der Waals surface area contributed by atoms with E-state index in [1.807, 2.05) is 0 Å². The second-order valence-corrected chi connectivity index (χ2v) is 7.86. The Morgan fingerprint density at radius 1 is 1.08 bits per heavy atom. The lowest BCUT2D eigenvalue weighted by Crippen LogP contribution is -2.30. The van der Waals surface area contributed by atoms with Gasteiger partial charge in [0.2, 0.25) is 10.0 Å². The predicted molar refractivity (Wildman–Crippen MR) is 96.0 cm³/mol. The van der Waals surface area contributed by atoms with Crippen LogP contribution < -0.4 is 10.0 Å². The number of sulfonamides is 1. The van der Waals surface area contributed by atoms with Gasteiger partial charge >= 0.3 is 0 Å². The van der Waals surface area contributed by atoms with Crippen molar-refractivity contribution in [3.05, 3.63) is 58.6 Å². The molecule has 0 aliphatic rings. The zero-order chi connectivity index (χ0) is 17.9. The highest BCUT2D eigenvalue weighted by Gasteiger charge is 2.17. The zero-order valence-corrected chi connectivity index (χ0v) is 15.2. The summed E-state index contributed by atoms with van der Waals surface area (Å²) >= 11 is 5.80. The lowest BCUT2D eigenvalue weighted by atomic mass is 10.1. The third-order valence-electron chi connectivity index (χ3n) is 3.25. The van der Waals surface area contributed by atoms with Gasteiger partial charge in [-0.3, -0.25) is 4.79 Å². The van der Waals surface area contributed by atoms with Crippen LogP contribution in [0.2, 0.25) is 5.02 Å². The molecule has 2 N–H and O–H groups in total. The molecule has 1 amide bonds. The van der Waals surface area contributed by atoms with Gasteiger partial charge in [0.25, 0.3) is 5.91 Å². The van der Waals surface area contributed by atoms with Crippen molar-refractivity contribution in [1.82, 2.24) is 4.72 Å². The van der Waals surface area contributed by atoms with E-state index in [1.165, 1.54) is 12.1 Å². The minimum absolute atomic E-state index is 0.165. The lowest BCUT2D eigenvalue weighted by molar-refractivity contribution is 0.102. The summed E-state index contributed by atoms with van der Waals surface area (Å²) in [5.41, 5.74) is 1.68. The maximum atomic E-state index is 12.2. The Morgan fingerprint density at radius 2 is 1.71 bits per heavy atom. The highest BCUT2D eigenvalue weighted by atomic mass is 35.5. The fraction of sp³-hybridized carbons (Fsp3) is 0.235. The topological polar surface area (TPSA) is 75.3 Å². The molecular formula is C17H19ClN2O3S. The van der Waals surface area contributed by atoms with Crippen LogP contribution in [0.4, 0.5) is 5.69 Å². The first-order valence-corrected chi connectivity index (χ1v) is 9.25. The average molecular weight is 367 g/mol. The second-order valence-electron chi connectivity index (χ2n) is 5.71. The van der Waals surface area contributed by atoms with Crippen LogP contribution in [0.1, 0.15) is 29.8 Å². The first kappa shape index (κ1) is 18.4. The summed E-state index contributed by atoms with van der Waals surface area (Å²) < 4.78 is 26.9. The minimum Gasteiger partial charge on any atom is -0.322 e. The number of hydrogen-bond acceptors (Lipinski definition) is 3. The van der Waals surface area contributed by atoms with E-state index in [0.717, 1.165) is 0 Å². The first-order chi connectivity index (χ1) is 11.2. The molecule has 0 saturated heterocycles. The number of nitrogens with one attached hydrogen (secondary N) is 2. The van der Waals surface area contributed by atoms with E-state index in [0.29, 0.717) is 21.8 Å². The van der Waals surface area contributed by atoms with E-state index in [4.69, 9.17) is 11.6 Å². The van der Waals surface area contributed by atoms with Gasteiger partial charge < -0.3 is 5.32 Å². The van der Waals surface area contributed by atoms with Gasteiger partial charge in [0.1, 0.15) is 0 Å². The molecule has 0 heterocycles. The maximum absolute atomic E-state index is 12.2.